The molecule has 1 fully saturated rings. The second-order valence-corrected chi connectivity index (χ2v) is 8.98. The van der Waals surface area contributed by atoms with Crippen molar-refractivity contribution in [3.63, 3.8) is 0 Å². The summed E-state index contributed by atoms with van der Waals surface area (Å²) in [5, 5.41) is 3.07. The molecule has 1 aliphatic rings. The maximum absolute atomic E-state index is 12.7. The minimum Gasteiger partial charge on any atom is -0.406 e. The van der Waals surface area contributed by atoms with Crippen LogP contribution in [0.1, 0.15) is 0 Å². The highest BCUT2D eigenvalue weighted by Gasteiger charge is 2.32. The molecule has 0 atom stereocenters. The molecule has 3 rings (SSSR count). The van der Waals surface area contributed by atoms with Gasteiger partial charge >= 0.3 is 6.36 Å². The average Bonchev–Trinajstić information content (AvgIpc) is 2.69. The Morgan fingerprint density at radius 1 is 1.10 bits per heavy atom. The predicted octanol–water partition coefficient (Wildman–Crippen LogP) is 2.58. The van der Waals surface area contributed by atoms with Gasteiger partial charge in [0.15, 0.2) is 0 Å². The van der Waals surface area contributed by atoms with Gasteiger partial charge in [0.1, 0.15) is 11.6 Å². The first-order valence-electron chi connectivity index (χ1n) is 9.03. The zero-order valence-electron chi connectivity index (χ0n) is 16.0. The Bertz CT molecular complexity index is 1010. The first-order valence-corrected chi connectivity index (χ1v) is 10.8. The number of hydrogen-bond donors (Lipinski definition) is 1. The van der Waals surface area contributed by atoms with Crippen LogP contribution in [0.4, 0.5) is 19.0 Å². The molecule has 168 valence electrons. The summed E-state index contributed by atoms with van der Waals surface area (Å²) in [5.74, 6) is -0.447. The van der Waals surface area contributed by atoms with Crippen LogP contribution in [-0.4, -0.2) is 67.6 Å². The third-order valence-corrected chi connectivity index (χ3v) is 6.52. The number of anilines is 1. The number of piperazine rings is 1. The van der Waals surface area contributed by atoms with Gasteiger partial charge in [0.2, 0.25) is 15.9 Å². The van der Waals surface area contributed by atoms with Gasteiger partial charge in [-0.1, -0.05) is 11.6 Å². The molecule has 1 N–H and O–H groups in total. The van der Waals surface area contributed by atoms with E-state index >= 15 is 0 Å². The number of hydrogen-bond acceptors (Lipinski definition) is 6. The molecule has 2 heterocycles. The van der Waals surface area contributed by atoms with Crippen molar-refractivity contribution in [2.75, 3.05) is 38.0 Å². The molecule has 1 aliphatic heterocycles. The van der Waals surface area contributed by atoms with Crippen molar-refractivity contribution in [1.82, 2.24) is 14.2 Å². The molecule has 0 unspecified atom stereocenters. The minimum atomic E-state index is -4.85. The van der Waals surface area contributed by atoms with Crippen LogP contribution < -0.4 is 10.1 Å². The van der Waals surface area contributed by atoms with Crippen molar-refractivity contribution in [3.8, 4) is 5.75 Å². The highest BCUT2D eigenvalue weighted by Crippen LogP contribution is 2.25. The van der Waals surface area contributed by atoms with Crippen LogP contribution in [0.25, 0.3) is 0 Å². The molecule has 1 saturated heterocycles. The van der Waals surface area contributed by atoms with Gasteiger partial charge in [-0.05, 0) is 36.4 Å². The second-order valence-electron chi connectivity index (χ2n) is 6.61. The summed E-state index contributed by atoms with van der Waals surface area (Å²) in [7, 11) is -3.88. The standard InChI is InChI=1S/C18H18ClF3N4O4S/c19-13-1-6-16(23-11-13)24-17(27)12-25-7-9-26(10-8-25)31(28,29)15-4-2-14(3-5-15)30-18(20,21)22/h1-6,11H,7-10,12H2,(H,23,24,27). The number of benzene rings is 1. The number of aromatic nitrogens is 1. The van der Waals surface area contributed by atoms with Crippen molar-refractivity contribution in [2.45, 2.75) is 11.3 Å². The molecular formula is C18H18ClF3N4O4S. The van der Waals surface area contributed by atoms with E-state index in [2.05, 4.69) is 15.0 Å². The smallest absolute Gasteiger partial charge is 0.406 e. The van der Waals surface area contributed by atoms with Crippen molar-refractivity contribution in [2.24, 2.45) is 0 Å². The molecule has 0 saturated carbocycles. The molecule has 1 aromatic heterocycles. The Morgan fingerprint density at radius 2 is 1.74 bits per heavy atom. The SMILES string of the molecule is O=C(CN1CCN(S(=O)(=O)c2ccc(OC(F)(F)F)cc2)CC1)Nc1ccc(Cl)cn1. The van der Waals surface area contributed by atoms with E-state index in [0.717, 1.165) is 24.3 Å². The number of nitrogens with zero attached hydrogens (tertiary/aromatic N) is 3. The summed E-state index contributed by atoms with van der Waals surface area (Å²) in [6, 6.07) is 7.19. The maximum Gasteiger partial charge on any atom is 0.573 e. The number of sulfonamides is 1. The normalized spacial score (nSPS) is 16.1. The number of rotatable bonds is 6. The predicted molar refractivity (Wildman–Crippen MR) is 106 cm³/mol. The number of carbonyl (C=O) groups excluding carboxylic acids is 1. The molecule has 0 bridgehead atoms. The van der Waals surface area contributed by atoms with E-state index in [1.165, 1.54) is 10.5 Å². The lowest BCUT2D eigenvalue weighted by molar-refractivity contribution is -0.274. The van der Waals surface area contributed by atoms with Gasteiger partial charge in [0, 0.05) is 32.4 Å². The fraction of sp³-hybridized carbons (Fsp3) is 0.333. The highest BCUT2D eigenvalue weighted by atomic mass is 35.5. The minimum absolute atomic E-state index is 0.0572. The average molecular weight is 479 g/mol. The van der Waals surface area contributed by atoms with E-state index in [9.17, 15) is 26.4 Å². The van der Waals surface area contributed by atoms with Crippen molar-refractivity contribution >= 4 is 33.3 Å². The van der Waals surface area contributed by atoms with Crippen molar-refractivity contribution < 1.29 is 31.1 Å². The van der Waals surface area contributed by atoms with Crippen molar-refractivity contribution in [1.29, 1.82) is 0 Å². The number of carbonyl (C=O) groups is 1. The van der Waals surface area contributed by atoms with Gasteiger partial charge in [-0.25, -0.2) is 13.4 Å². The lowest BCUT2D eigenvalue weighted by atomic mass is 10.3. The Kier molecular flexibility index (Phi) is 7.04. The second kappa shape index (κ2) is 9.39. The van der Waals surface area contributed by atoms with E-state index in [1.807, 2.05) is 0 Å². The quantitative estimate of drug-likeness (QED) is 0.686. The Labute approximate surface area is 181 Å². The fourth-order valence-electron chi connectivity index (χ4n) is 2.93. The molecule has 1 amide bonds. The van der Waals surface area contributed by atoms with Crippen molar-refractivity contribution in [3.05, 3.63) is 47.6 Å². The first kappa shape index (κ1) is 23.3. The van der Waals surface area contributed by atoms with Gasteiger partial charge in [-0.2, -0.15) is 4.31 Å². The van der Waals surface area contributed by atoms with E-state index in [0.29, 0.717) is 23.9 Å². The summed E-state index contributed by atoms with van der Waals surface area (Å²) < 4.78 is 67.2. The number of alkyl halides is 3. The third kappa shape index (κ3) is 6.53. The van der Waals surface area contributed by atoms with E-state index < -0.39 is 22.1 Å². The summed E-state index contributed by atoms with van der Waals surface area (Å²) >= 11 is 5.74. The van der Waals surface area contributed by atoms with Gasteiger partial charge in [-0.15, -0.1) is 13.2 Å². The maximum atomic E-state index is 12.7. The van der Waals surface area contributed by atoms with Crippen LogP contribution in [0, 0.1) is 0 Å². The summed E-state index contributed by atoms with van der Waals surface area (Å²) in [5.41, 5.74) is 0. The Morgan fingerprint density at radius 3 is 2.29 bits per heavy atom. The molecule has 8 nitrogen and oxygen atoms in total. The van der Waals surface area contributed by atoms with Gasteiger partial charge in [-0.3, -0.25) is 9.69 Å². The zero-order chi connectivity index (χ0) is 22.6. The Balaban J connectivity index is 1.53. The van der Waals surface area contributed by atoms with E-state index in [-0.39, 0.29) is 30.4 Å². The number of halogens is 4. The van der Waals surface area contributed by atoms with Crippen LogP contribution >= 0.6 is 11.6 Å². The first-order chi connectivity index (χ1) is 14.5. The van der Waals surface area contributed by atoms with Crippen LogP contribution in [0.5, 0.6) is 5.75 Å². The topological polar surface area (TPSA) is 91.8 Å². The molecule has 13 heteroatoms. The molecule has 31 heavy (non-hydrogen) atoms. The monoisotopic (exact) mass is 478 g/mol. The van der Waals surface area contributed by atoms with Gasteiger partial charge < -0.3 is 10.1 Å². The molecule has 1 aromatic carbocycles. The summed E-state index contributed by atoms with van der Waals surface area (Å²) in [6.45, 7) is 0.957. The van der Waals surface area contributed by atoms with Gasteiger partial charge in [0.25, 0.3) is 0 Å². The van der Waals surface area contributed by atoms with E-state index in [1.54, 1.807) is 17.0 Å². The van der Waals surface area contributed by atoms with Crippen LogP contribution in [-0.2, 0) is 14.8 Å². The number of pyridine rings is 1. The largest absolute Gasteiger partial charge is 0.573 e. The third-order valence-electron chi connectivity index (χ3n) is 4.39. The molecule has 0 radical (unpaired) electrons. The summed E-state index contributed by atoms with van der Waals surface area (Å²) in [4.78, 5) is 17.8. The highest BCUT2D eigenvalue weighted by molar-refractivity contribution is 7.89. The lowest BCUT2D eigenvalue weighted by Gasteiger charge is -2.33. The number of amides is 1. The Hall–Kier alpha value is -2.41. The number of nitrogens with one attached hydrogen (secondary N) is 1. The molecule has 0 aliphatic carbocycles. The van der Waals surface area contributed by atoms with Crippen LogP contribution in [0.3, 0.4) is 0 Å². The van der Waals surface area contributed by atoms with E-state index in [4.69, 9.17) is 11.6 Å². The lowest BCUT2D eigenvalue weighted by Crippen LogP contribution is -2.50. The van der Waals surface area contributed by atoms with Gasteiger partial charge in [0.05, 0.1) is 16.5 Å². The van der Waals surface area contributed by atoms with Crippen LogP contribution in [0.15, 0.2) is 47.5 Å². The fourth-order valence-corrected chi connectivity index (χ4v) is 4.46. The summed E-state index contributed by atoms with van der Waals surface area (Å²) in [6.07, 6.45) is -3.45. The number of ether oxygens (including phenoxy) is 1. The molecular weight excluding hydrogens is 461 g/mol. The van der Waals surface area contributed by atoms with Crippen LogP contribution in [0.2, 0.25) is 5.02 Å². The molecule has 0 spiro atoms. The zero-order valence-corrected chi connectivity index (χ0v) is 17.5. The molecule has 2 aromatic rings.